The van der Waals surface area contributed by atoms with Crippen molar-refractivity contribution in [2.75, 3.05) is 17.2 Å². The minimum atomic E-state index is -0.443. The maximum atomic E-state index is 13.4. The van der Waals surface area contributed by atoms with E-state index in [9.17, 15) is 18.4 Å². The second kappa shape index (κ2) is 8.97. The van der Waals surface area contributed by atoms with Crippen LogP contribution in [0.25, 0.3) is 0 Å². The van der Waals surface area contributed by atoms with Crippen molar-refractivity contribution in [3.8, 4) is 0 Å². The van der Waals surface area contributed by atoms with Gasteiger partial charge in [0.1, 0.15) is 11.6 Å². The van der Waals surface area contributed by atoms with Crippen LogP contribution < -0.4 is 10.6 Å². The third-order valence-corrected chi connectivity index (χ3v) is 5.02. The molecule has 32 heavy (non-hydrogen) atoms. The molecular weight excluding hydrogens is 414 g/mol. The van der Waals surface area contributed by atoms with Crippen molar-refractivity contribution in [2.45, 2.75) is 12.8 Å². The molecule has 6 nitrogen and oxygen atoms in total. The Labute approximate surface area is 183 Å². The summed E-state index contributed by atoms with van der Waals surface area (Å²) in [6.07, 6.45) is 0. The SMILES string of the molecule is CC(=O)Nc1ccc(NC(=O)N2CC(c3ccc(F)cc3)C(c3ccc(F)cc3)=N2)cc1. The van der Waals surface area contributed by atoms with Gasteiger partial charge in [-0.25, -0.2) is 18.6 Å². The number of nitrogens with one attached hydrogen (secondary N) is 2. The summed E-state index contributed by atoms with van der Waals surface area (Å²) < 4.78 is 26.8. The largest absolute Gasteiger partial charge is 0.342 e. The maximum absolute atomic E-state index is 13.4. The average Bonchev–Trinajstić information content (AvgIpc) is 3.21. The highest BCUT2D eigenvalue weighted by Gasteiger charge is 2.32. The van der Waals surface area contributed by atoms with Gasteiger partial charge in [0.2, 0.25) is 5.91 Å². The Balaban J connectivity index is 1.56. The molecule has 0 spiro atoms. The Kier molecular flexibility index (Phi) is 5.93. The first-order valence-corrected chi connectivity index (χ1v) is 9.95. The van der Waals surface area contributed by atoms with Gasteiger partial charge in [0.25, 0.3) is 0 Å². The van der Waals surface area contributed by atoms with Crippen molar-refractivity contribution in [1.29, 1.82) is 0 Å². The average molecular weight is 434 g/mol. The molecule has 0 aromatic heterocycles. The number of hydrogen-bond acceptors (Lipinski definition) is 3. The van der Waals surface area contributed by atoms with Crippen LogP contribution >= 0.6 is 0 Å². The Morgan fingerprint density at radius 1 is 0.844 bits per heavy atom. The fourth-order valence-corrected chi connectivity index (χ4v) is 3.49. The van der Waals surface area contributed by atoms with E-state index in [0.717, 1.165) is 5.56 Å². The summed E-state index contributed by atoms with van der Waals surface area (Å²) in [6.45, 7) is 1.66. The zero-order chi connectivity index (χ0) is 22.7. The standard InChI is InChI=1S/C24H20F2N4O2/c1-15(31)27-20-10-12-21(13-11-20)28-24(32)30-14-22(16-2-6-18(25)7-3-16)23(29-30)17-4-8-19(26)9-5-17/h2-13,22H,14H2,1H3,(H,27,31)(H,28,32). The summed E-state index contributed by atoms with van der Waals surface area (Å²) in [5.74, 6) is -1.21. The van der Waals surface area contributed by atoms with E-state index in [2.05, 4.69) is 15.7 Å². The third kappa shape index (κ3) is 4.80. The first kappa shape index (κ1) is 21.2. The minimum Gasteiger partial charge on any atom is -0.326 e. The van der Waals surface area contributed by atoms with E-state index in [1.165, 1.54) is 36.2 Å². The minimum absolute atomic E-state index is 0.187. The lowest BCUT2D eigenvalue weighted by molar-refractivity contribution is -0.114. The number of benzene rings is 3. The Morgan fingerprint density at radius 2 is 1.38 bits per heavy atom. The van der Waals surface area contributed by atoms with E-state index >= 15 is 0 Å². The number of carbonyl (C=O) groups is 2. The highest BCUT2D eigenvalue weighted by molar-refractivity contribution is 6.07. The molecule has 0 saturated heterocycles. The molecule has 0 fully saturated rings. The number of nitrogens with zero attached hydrogens (tertiary/aromatic N) is 2. The maximum Gasteiger partial charge on any atom is 0.342 e. The summed E-state index contributed by atoms with van der Waals surface area (Å²) in [6, 6.07) is 18.1. The van der Waals surface area contributed by atoms with E-state index in [-0.39, 0.29) is 30.0 Å². The van der Waals surface area contributed by atoms with Gasteiger partial charge in [-0.1, -0.05) is 24.3 Å². The summed E-state index contributed by atoms with van der Waals surface area (Å²) in [4.78, 5) is 24.0. The number of hydrogen-bond donors (Lipinski definition) is 2. The Hall–Kier alpha value is -4.07. The quantitative estimate of drug-likeness (QED) is 0.609. The van der Waals surface area contributed by atoms with E-state index in [4.69, 9.17) is 0 Å². The van der Waals surface area contributed by atoms with Crippen molar-refractivity contribution in [2.24, 2.45) is 5.10 Å². The molecule has 1 unspecified atom stereocenters. The topological polar surface area (TPSA) is 73.8 Å². The predicted octanol–water partition coefficient (Wildman–Crippen LogP) is 4.96. The fourth-order valence-electron chi connectivity index (χ4n) is 3.49. The van der Waals surface area contributed by atoms with Crippen molar-refractivity contribution in [3.63, 3.8) is 0 Å². The molecule has 1 aliphatic rings. The second-order valence-electron chi connectivity index (χ2n) is 7.37. The van der Waals surface area contributed by atoms with Crippen molar-refractivity contribution in [1.82, 2.24) is 5.01 Å². The van der Waals surface area contributed by atoms with Gasteiger partial charge in [-0.2, -0.15) is 5.10 Å². The molecule has 1 atom stereocenters. The van der Waals surface area contributed by atoms with Crippen LogP contribution in [-0.2, 0) is 4.79 Å². The van der Waals surface area contributed by atoms with E-state index in [0.29, 0.717) is 22.6 Å². The summed E-state index contributed by atoms with van der Waals surface area (Å²) in [5, 5.41) is 11.2. The number of anilines is 2. The Bertz CT molecular complexity index is 1160. The van der Waals surface area contributed by atoms with Crippen LogP contribution in [0.1, 0.15) is 24.0 Å². The lowest BCUT2D eigenvalue weighted by atomic mass is 9.90. The number of hydrazone groups is 1. The monoisotopic (exact) mass is 434 g/mol. The van der Waals surface area contributed by atoms with Gasteiger partial charge < -0.3 is 10.6 Å². The normalized spacial score (nSPS) is 15.3. The number of amides is 3. The van der Waals surface area contributed by atoms with Crippen LogP contribution in [0.15, 0.2) is 77.9 Å². The van der Waals surface area contributed by atoms with Crippen LogP contribution in [0.3, 0.4) is 0 Å². The summed E-state index contributed by atoms with van der Waals surface area (Å²) >= 11 is 0. The van der Waals surface area contributed by atoms with E-state index < -0.39 is 6.03 Å². The van der Waals surface area contributed by atoms with Gasteiger partial charge in [-0.3, -0.25) is 4.79 Å². The van der Waals surface area contributed by atoms with Crippen molar-refractivity contribution in [3.05, 3.63) is 95.6 Å². The van der Waals surface area contributed by atoms with Gasteiger partial charge in [0.15, 0.2) is 0 Å². The van der Waals surface area contributed by atoms with E-state index in [1.807, 2.05) is 0 Å². The first-order valence-electron chi connectivity index (χ1n) is 9.95. The molecular formula is C24H20F2N4O2. The van der Waals surface area contributed by atoms with Gasteiger partial charge in [0, 0.05) is 24.2 Å². The predicted molar refractivity (Wildman–Crippen MR) is 119 cm³/mol. The van der Waals surface area contributed by atoms with Crippen molar-refractivity contribution >= 4 is 29.0 Å². The summed E-state index contributed by atoms with van der Waals surface area (Å²) in [5.41, 5.74) is 3.21. The highest BCUT2D eigenvalue weighted by atomic mass is 19.1. The molecule has 3 aromatic carbocycles. The zero-order valence-electron chi connectivity index (χ0n) is 17.2. The molecule has 1 aliphatic heterocycles. The highest BCUT2D eigenvalue weighted by Crippen LogP contribution is 2.29. The Morgan fingerprint density at radius 3 is 1.94 bits per heavy atom. The third-order valence-electron chi connectivity index (χ3n) is 5.02. The zero-order valence-corrected chi connectivity index (χ0v) is 17.2. The molecule has 162 valence electrons. The van der Waals surface area contributed by atoms with Crippen LogP contribution in [0.2, 0.25) is 0 Å². The smallest absolute Gasteiger partial charge is 0.326 e. The fraction of sp³-hybridized carbons (Fsp3) is 0.125. The number of carbonyl (C=O) groups excluding carboxylic acids is 2. The molecule has 8 heteroatoms. The van der Waals surface area contributed by atoms with Gasteiger partial charge in [-0.15, -0.1) is 0 Å². The molecule has 3 aromatic rings. The molecule has 3 amide bonds. The van der Waals surface area contributed by atoms with Crippen molar-refractivity contribution < 1.29 is 18.4 Å². The second-order valence-corrected chi connectivity index (χ2v) is 7.37. The van der Waals surface area contributed by atoms with Crippen LogP contribution in [0, 0.1) is 11.6 Å². The number of halogens is 2. The van der Waals surface area contributed by atoms with Gasteiger partial charge >= 0.3 is 6.03 Å². The molecule has 0 saturated carbocycles. The molecule has 0 aliphatic carbocycles. The van der Waals surface area contributed by atoms with Gasteiger partial charge in [-0.05, 0) is 59.7 Å². The van der Waals surface area contributed by atoms with Crippen LogP contribution in [-0.4, -0.2) is 29.2 Å². The van der Waals surface area contributed by atoms with Crippen LogP contribution in [0.4, 0.5) is 25.0 Å². The molecule has 1 heterocycles. The van der Waals surface area contributed by atoms with Gasteiger partial charge in [0.05, 0.1) is 12.3 Å². The number of urea groups is 1. The van der Waals surface area contributed by atoms with E-state index in [1.54, 1.807) is 48.5 Å². The number of rotatable bonds is 4. The molecule has 2 N–H and O–H groups in total. The van der Waals surface area contributed by atoms with Crippen LogP contribution in [0.5, 0.6) is 0 Å². The molecule has 4 rings (SSSR count). The lowest BCUT2D eigenvalue weighted by Gasteiger charge is -2.16. The molecule has 0 bridgehead atoms. The summed E-state index contributed by atoms with van der Waals surface area (Å²) in [7, 11) is 0. The lowest BCUT2D eigenvalue weighted by Crippen LogP contribution is -2.30. The first-order chi connectivity index (χ1) is 15.4. The molecule has 0 radical (unpaired) electrons.